The zero-order valence-corrected chi connectivity index (χ0v) is 23.3. The highest BCUT2D eigenvalue weighted by Gasteiger charge is 2.21. The van der Waals surface area contributed by atoms with E-state index in [1.165, 1.54) is 12.1 Å². The highest BCUT2D eigenvalue weighted by molar-refractivity contribution is 6.23. The van der Waals surface area contributed by atoms with E-state index in [1.54, 1.807) is 54.6 Å². The SMILES string of the molecule is [2H]c1c([2H])c([2H])c(-c2cc3oc4ccccc4c3cc2-c2c3c([2H])c([2H])c([2H])c([2H])c3c(-c3c([2H])c([2H])c([2H])c(-c4ccccc4)c3[2H])c3c([2H])c([2H])c([2H])c([2H])c23)c([2H])c1[2H]. The molecule has 0 aliphatic rings. The zero-order chi connectivity index (χ0) is 44.5. The summed E-state index contributed by atoms with van der Waals surface area (Å²) in [5.41, 5.74) is -0.685. The van der Waals surface area contributed by atoms with Crippen molar-refractivity contribution in [2.45, 2.75) is 0 Å². The van der Waals surface area contributed by atoms with Gasteiger partial charge in [-0.15, -0.1) is 0 Å². The Morgan fingerprint density at radius 3 is 1.71 bits per heavy atom. The van der Waals surface area contributed by atoms with E-state index >= 15 is 0 Å². The maximum absolute atomic E-state index is 9.60. The lowest BCUT2D eigenvalue weighted by Gasteiger charge is -2.20. The van der Waals surface area contributed by atoms with Crippen LogP contribution in [0.15, 0.2) is 174 Å². The first-order valence-corrected chi connectivity index (χ1v) is 14.1. The number of furan rings is 1. The maximum atomic E-state index is 9.60. The summed E-state index contributed by atoms with van der Waals surface area (Å²) in [5.74, 6) is 0. The van der Waals surface area contributed by atoms with Crippen LogP contribution in [0.2, 0.25) is 0 Å². The van der Waals surface area contributed by atoms with Gasteiger partial charge in [-0.2, -0.15) is 0 Å². The molecule has 0 saturated heterocycles. The Labute approximate surface area is 285 Å². The smallest absolute Gasteiger partial charge is 0.136 e. The van der Waals surface area contributed by atoms with Crippen LogP contribution >= 0.6 is 0 Å². The Morgan fingerprint density at radius 1 is 0.378 bits per heavy atom. The number of hydrogen-bond donors (Lipinski definition) is 0. The fraction of sp³-hybridized carbons (Fsp3) is 0. The van der Waals surface area contributed by atoms with Gasteiger partial charge in [0.25, 0.3) is 0 Å². The van der Waals surface area contributed by atoms with E-state index in [9.17, 15) is 8.22 Å². The second-order valence-corrected chi connectivity index (χ2v) is 10.4. The van der Waals surface area contributed by atoms with Gasteiger partial charge in [-0.25, -0.2) is 0 Å². The summed E-state index contributed by atoms with van der Waals surface area (Å²) in [6.07, 6.45) is 0. The average molecular weight is 590 g/mol. The second kappa shape index (κ2) is 10.4. The number of rotatable bonds is 4. The molecule has 45 heavy (non-hydrogen) atoms. The summed E-state index contributed by atoms with van der Waals surface area (Å²) in [6.45, 7) is 0. The summed E-state index contributed by atoms with van der Waals surface area (Å²) in [6, 6.07) is 6.53. The average Bonchev–Trinajstić information content (AvgIpc) is 3.63. The quantitative estimate of drug-likeness (QED) is 0.186. The molecule has 0 atom stereocenters. The van der Waals surface area contributed by atoms with Gasteiger partial charge in [-0.05, 0) is 90.3 Å². The van der Waals surface area contributed by atoms with Gasteiger partial charge in [-0.3, -0.25) is 0 Å². The van der Waals surface area contributed by atoms with Crippen LogP contribution in [0.25, 0.3) is 88.0 Å². The van der Waals surface area contributed by atoms with Gasteiger partial charge in [0, 0.05) is 10.8 Å². The summed E-state index contributed by atoms with van der Waals surface area (Å²) < 4.78 is 160. The Balaban J connectivity index is 1.63. The van der Waals surface area contributed by atoms with Gasteiger partial charge >= 0.3 is 0 Å². The van der Waals surface area contributed by atoms with Crippen molar-refractivity contribution in [1.29, 1.82) is 0 Å². The summed E-state index contributed by atoms with van der Waals surface area (Å²) >= 11 is 0. The van der Waals surface area contributed by atoms with Crippen LogP contribution in [-0.2, 0) is 0 Å². The van der Waals surface area contributed by atoms with Crippen molar-refractivity contribution < 1.29 is 27.7 Å². The second-order valence-electron chi connectivity index (χ2n) is 10.4. The van der Waals surface area contributed by atoms with Gasteiger partial charge in [0.1, 0.15) is 11.2 Å². The van der Waals surface area contributed by atoms with Crippen LogP contribution in [0.3, 0.4) is 0 Å². The minimum Gasteiger partial charge on any atom is -0.456 e. The van der Waals surface area contributed by atoms with Gasteiger partial charge in [-0.1, -0.05) is 145 Å². The molecule has 1 heterocycles. The van der Waals surface area contributed by atoms with Crippen molar-refractivity contribution in [2.75, 3.05) is 0 Å². The van der Waals surface area contributed by atoms with Crippen LogP contribution in [0.5, 0.6) is 0 Å². The molecule has 0 bridgehead atoms. The predicted octanol–water partition coefficient (Wildman–Crippen LogP) is 12.6. The lowest BCUT2D eigenvalue weighted by atomic mass is 9.83. The van der Waals surface area contributed by atoms with Crippen molar-refractivity contribution in [3.05, 3.63) is 169 Å². The van der Waals surface area contributed by atoms with Crippen LogP contribution < -0.4 is 0 Å². The predicted molar refractivity (Wildman–Crippen MR) is 190 cm³/mol. The molecule has 9 aromatic rings. The summed E-state index contributed by atoms with van der Waals surface area (Å²) in [4.78, 5) is 0. The third-order valence-electron chi connectivity index (χ3n) is 7.87. The third kappa shape index (κ3) is 4.17. The van der Waals surface area contributed by atoms with Crippen LogP contribution in [-0.4, -0.2) is 0 Å². The fourth-order valence-corrected chi connectivity index (χ4v) is 5.93. The number of fused-ring (bicyclic) bond motifs is 5. The topological polar surface area (TPSA) is 13.1 Å². The van der Waals surface area contributed by atoms with E-state index in [4.69, 9.17) is 19.5 Å². The molecule has 0 unspecified atom stereocenters. The van der Waals surface area contributed by atoms with E-state index in [0.717, 1.165) is 0 Å². The molecule has 0 N–H and O–H groups in total. The molecule has 0 spiro atoms. The lowest BCUT2D eigenvalue weighted by Crippen LogP contribution is -1.93. The van der Waals surface area contributed by atoms with Gasteiger partial charge in [0.15, 0.2) is 0 Å². The normalized spacial score (nSPS) is 16.8. The molecule has 0 aliphatic carbocycles. The highest BCUT2D eigenvalue weighted by Crippen LogP contribution is 2.48. The van der Waals surface area contributed by atoms with Gasteiger partial charge < -0.3 is 4.42 Å². The number of hydrogen-bond acceptors (Lipinski definition) is 1. The molecular formula is C44H28O. The van der Waals surface area contributed by atoms with Crippen molar-refractivity contribution in [2.24, 2.45) is 0 Å². The highest BCUT2D eigenvalue weighted by atomic mass is 16.3. The molecular weight excluding hydrogens is 544 g/mol. The van der Waals surface area contributed by atoms with Crippen molar-refractivity contribution in [1.82, 2.24) is 0 Å². The minimum absolute atomic E-state index is 0.0518. The molecule has 0 fully saturated rings. The van der Waals surface area contributed by atoms with Crippen LogP contribution in [0, 0.1) is 0 Å². The number of benzene rings is 8. The molecule has 9 rings (SSSR count). The van der Waals surface area contributed by atoms with Crippen molar-refractivity contribution >= 4 is 43.5 Å². The Morgan fingerprint density at radius 2 is 0.978 bits per heavy atom. The molecule has 0 saturated carbocycles. The molecule has 1 heteroatoms. The first kappa shape index (κ1) is 13.8. The molecule has 1 nitrogen and oxygen atoms in total. The monoisotopic (exact) mass is 589 g/mol. The van der Waals surface area contributed by atoms with E-state index < -0.39 is 108 Å². The molecule has 0 amide bonds. The Hall–Kier alpha value is -5.92. The largest absolute Gasteiger partial charge is 0.456 e. The third-order valence-corrected chi connectivity index (χ3v) is 7.87. The molecule has 0 radical (unpaired) electrons. The van der Waals surface area contributed by atoms with E-state index in [-0.39, 0.29) is 60.5 Å². The summed E-state index contributed by atoms with van der Waals surface area (Å²) in [5, 5.41) is -0.471. The maximum Gasteiger partial charge on any atom is 0.136 e. The molecule has 8 aromatic carbocycles. The van der Waals surface area contributed by atoms with E-state index in [1.807, 2.05) is 0 Å². The van der Waals surface area contributed by atoms with Crippen LogP contribution in [0.1, 0.15) is 23.3 Å². The minimum atomic E-state index is -0.762. The fourth-order valence-electron chi connectivity index (χ4n) is 5.93. The van der Waals surface area contributed by atoms with Gasteiger partial charge in [0.05, 0.1) is 23.3 Å². The first-order valence-electron chi connectivity index (χ1n) is 22.6. The molecule has 210 valence electrons. The Kier molecular flexibility index (Phi) is 3.18. The zero-order valence-electron chi connectivity index (χ0n) is 40.3. The van der Waals surface area contributed by atoms with Crippen molar-refractivity contribution in [3.63, 3.8) is 0 Å². The Bertz CT molecular complexity index is 3380. The summed E-state index contributed by atoms with van der Waals surface area (Å²) in [7, 11) is 0. The molecule has 0 aliphatic heterocycles. The standard InChI is InChI=1S/C44H28O/c1-3-14-29(15-4-1)31-18-13-19-32(26-31)43-34-21-7-9-23-36(34)44(37-24-10-8-22-35(37)43)40-27-39-33-20-11-12-25-41(33)45-42(39)28-38(40)30-16-5-2-6-17-30/h1-28H/i2D,5D,6D,7D,8D,9D,10D,13D,16D,17D,18D,19D,21D,22D,23D,24D,26D. The molecule has 1 aromatic heterocycles. The van der Waals surface area contributed by atoms with Crippen LogP contribution in [0.4, 0.5) is 0 Å². The van der Waals surface area contributed by atoms with Crippen molar-refractivity contribution in [3.8, 4) is 44.5 Å². The van der Waals surface area contributed by atoms with Gasteiger partial charge in [0.2, 0.25) is 0 Å². The van der Waals surface area contributed by atoms with E-state index in [0.29, 0.717) is 21.9 Å². The van der Waals surface area contributed by atoms with E-state index in [2.05, 4.69) is 0 Å². The number of para-hydroxylation sites is 1. The lowest BCUT2D eigenvalue weighted by molar-refractivity contribution is 0.669. The first-order chi connectivity index (χ1) is 29.4.